The molecule has 0 amide bonds. The van der Waals surface area contributed by atoms with Gasteiger partial charge in [0.25, 0.3) is 0 Å². The fourth-order valence-corrected chi connectivity index (χ4v) is 5.28. The van der Waals surface area contributed by atoms with Crippen molar-refractivity contribution >= 4 is 10.0 Å². The van der Waals surface area contributed by atoms with Crippen LogP contribution in [0.4, 0.5) is 0 Å². The van der Waals surface area contributed by atoms with Crippen molar-refractivity contribution in [3.63, 3.8) is 0 Å². The van der Waals surface area contributed by atoms with Gasteiger partial charge in [0.05, 0.1) is 6.61 Å². The minimum absolute atomic E-state index is 0.0809. The van der Waals surface area contributed by atoms with Gasteiger partial charge in [0.15, 0.2) is 0 Å². The second-order valence-electron chi connectivity index (χ2n) is 8.13. The minimum Gasteiger partial charge on any atom is -0.487 e. The number of benzene rings is 1. The fraction of sp³-hybridized carbons (Fsp3) is 0.435. The number of likely N-dealkylation sites (N-methyl/N-ethyl adjacent to an activating group) is 1. The lowest BCUT2D eigenvalue weighted by Crippen LogP contribution is -2.49. The molecular formula is C23H29N3O4S. The first-order valence-electron chi connectivity index (χ1n) is 10.2. The highest BCUT2D eigenvalue weighted by Crippen LogP contribution is 2.34. The monoisotopic (exact) mass is 443 g/mol. The van der Waals surface area contributed by atoms with Gasteiger partial charge in [-0.25, -0.2) is 13.4 Å². The van der Waals surface area contributed by atoms with Gasteiger partial charge in [0.1, 0.15) is 22.4 Å². The van der Waals surface area contributed by atoms with Crippen LogP contribution in [0.1, 0.15) is 25.1 Å². The second kappa shape index (κ2) is 9.79. The molecule has 3 rings (SSSR count). The summed E-state index contributed by atoms with van der Waals surface area (Å²) in [6, 6.07) is 9.83. The van der Waals surface area contributed by atoms with E-state index in [1.807, 2.05) is 44.1 Å². The third-order valence-corrected chi connectivity index (χ3v) is 7.23. The van der Waals surface area contributed by atoms with E-state index in [1.54, 1.807) is 25.3 Å². The van der Waals surface area contributed by atoms with E-state index >= 15 is 0 Å². The zero-order valence-electron chi connectivity index (χ0n) is 18.3. The number of nitrogens with zero attached hydrogens (tertiary/aromatic N) is 3. The number of hydrogen-bond acceptors (Lipinski definition) is 6. The molecule has 7 nitrogen and oxygen atoms in total. The highest BCUT2D eigenvalue weighted by Gasteiger charge is 2.37. The molecule has 0 fully saturated rings. The quantitative estimate of drug-likeness (QED) is 0.726. The van der Waals surface area contributed by atoms with Crippen molar-refractivity contribution in [1.29, 1.82) is 0 Å². The average molecular weight is 444 g/mol. The van der Waals surface area contributed by atoms with Crippen LogP contribution in [-0.4, -0.2) is 73.7 Å². The smallest absolute Gasteiger partial charge is 0.247 e. The number of rotatable bonds is 4. The van der Waals surface area contributed by atoms with Crippen LogP contribution in [0, 0.1) is 17.8 Å². The molecule has 0 spiro atoms. The molecule has 1 aliphatic rings. The van der Waals surface area contributed by atoms with Crippen LogP contribution in [0.25, 0.3) is 0 Å². The highest BCUT2D eigenvalue weighted by molar-refractivity contribution is 7.89. The predicted molar refractivity (Wildman–Crippen MR) is 119 cm³/mol. The lowest BCUT2D eigenvalue weighted by molar-refractivity contribution is 0.0812. The summed E-state index contributed by atoms with van der Waals surface area (Å²) in [7, 11) is 0.0590. The van der Waals surface area contributed by atoms with Gasteiger partial charge in [0.2, 0.25) is 10.0 Å². The van der Waals surface area contributed by atoms with Crippen molar-refractivity contribution in [3.05, 3.63) is 53.9 Å². The maximum atomic E-state index is 13.4. The Hall–Kier alpha value is -2.44. The van der Waals surface area contributed by atoms with E-state index in [9.17, 15) is 13.5 Å². The summed E-state index contributed by atoms with van der Waals surface area (Å²) in [5.74, 6) is 6.22. The number of sulfonamides is 1. The van der Waals surface area contributed by atoms with Crippen LogP contribution in [0.3, 0.4) is 0 Å². The van der Waals surface area contributed by atoms with Gasteiger partial charge in [-0.1, -0.05) is 18.9 Å². The van der Waals surface area contributed by atoms with Crippen LogP contribution in [0.15, 0.2) is 47.5 Å². The number of fused-ring (bicyclic) bond motifs is 1. The third kappa shape index (κ3) is 5.43. The molecule has 0 saturated heterocycles. The summed E-state index contributed by atoms with van der Waals surface area (Å²) in [6.07, 6.45) is 1.45. The van der Waals surface area contributed by atoms with Crippen molar-refractivity contribution < 1.29 is 18.3 Å². The van der Waals surface area contributed by atoms with Crippen LogP contribution in [-0.2, 0) is 10.0 Å². The largest absolute Gasteiger partial charge is 0.487 e. The fourth-order valence-electron chi connectivity index (χ4n) is 3.45. The highest BCUT2D eigenvalue weighted by atomic mass is 32.2. The molecule has 31 heavy (non-hydrogen) atoms. The van der Waals surface area contributed by atoms with Crippen LogP contribution in [0.5, 0.6) is 5.75 Å². The number of aliphatic hydroxyl groups is 1. The maximum absolute atomic E-state index is 13.4. The minimum atomic E-state index is -3.85. The van der Waals surface area contributed by atoms with Gasteiger partial charge in [-0.2, -0.15) is 4.31 Å². The number of ether oxygens (including phenoxy) is 1. The Morgan fingerprint density at radius 2 is 2.06 bits per heavy atom. The normalized spacial score (nSPS) is 21.7. The molecule has 1 aromatic heterocycles. The SMILES string of the molecule is C[C@H](CO)N1C[C@H](C)[C@H](CN(C)C)Oc2cc(C#Cc3ccccn3)ccc2S1(=O)=O. The van der Waals surface area contributed by atoms with Crippen LogP contribution >= 0.6 is 0 Å². The summed E-state index contributed by atoms with van der Waals surface area (Å²) < 4.78 is 34.5. The summed E-state index contributed by atoms with van der Waals surface area (Å²) in [5, 5.41) is 9.68. The first-order chi connectivity index (χ1) is 14.7. The lowest BCUT2D eigenvalue weighted by atomic mass is 10.0. The zero-order valence-corrected chi connectivity index (χ0v) is 19.1. The van der Waals surface area contributed by atoms with E-state index in [1.165, 1.54) is 10.4 Å². The van der Waals surface area contributed by atoms with Gasteiger partial charge >= 0.3 is 0 Å². The van der Waals surface area contributed by atoms with Crippen molar-refractivity contribution in [3.8, 4) is 17.6 Å². The standard InChI is InChI=1S/C23H29N3O4S/c1-17-14-26(18(2)16-27)31(28,29)23-11-9-19(8-10-20-7-5-6-12-24-20)13-21(23)30-22(17)15-25(3)4/h5-7,9,11-13,17-18,22,27H,14-16H2,1-4H3/t17-,18+,22-/m0/s1. The summed E-state index contributed by atoms with van der Waals surface area (Å²) >= 11 is 0. The average Bonchev–Trinajstić information content (AvgIpc) is 2.74. The first-order valence-corrected chi connectivity index (χ1v) is 11.7. The van der Waals surface area contributed by atoms with E-state index in [-0.39, 0.29) is 35.8 Å². The van der Waals surface area contributed by atoms with Gasteiger partial charge in [-0.05, 0) is 57.3 Å². The van der Waals surface area contributed by atoms with E-state index in [0.29, 0.717) is 17.8 Å². The Morgan fingerprint density at radius 3 is 2.71 bits per heavy atom. The van der Waals surface area contributed by atoms with Crippen molar-refractivity contribution in [2.45, 2.75) is 30.9 Å². The molecule has 2 aromatic rings. The van der Waals surface area contributed by atoms with Crippen LogP contribution in [0.2, 0.25) is 0 Å². The molecule has 0 radical (unpaired) electrons. The molecule has 3 atom stereocenters. The van der Waals surface area contributed by atoms with Crippen molar-refractivity contribution in [1.82, 2.24) is 14.2 Å². The Bertz CT molecular complexity index is 1060. The summed E-state index contributed by atoms with van der Waals surface area (Å²) in [6.45, 7) is 4.32. The molecular weight excluding hydrogens is 414 g/mol. The number of pyridine rings is 1. The predicted octanol–water partition coefficient (Wildman–Crippen LogP) is 1.81. The summed E-state index contributed by atoms with van der Waals surface area (Å²) in [5.41, 5.74) is 1.27. The number of hydrogen-bond donors (Lipinski definition) is 1. The molecule has 8 heteroatoms. The topological polar surface area (TPSA) is 83.0 Å². The van der Waals surface area contributed by atoms with Crippen molar-refractivity contribution in [2.24, 2.45) is 5.92 Å². The van der Waals surface area contributed by atoms with Gasteiger partial charge in [-0.15, -0.1) is 0 Å². The van der Waals surface area contributed by atoms with E-state index in [4.69, 9.17) is 4.74 Å². The first kappa shape index (κ1) is 23.2. The second-order valence-corrected chi connectivity index (χ2v) is 9.99. The van der Waals surface area contributed by atoms with Gasteiger partial charge in [0, 0.05) is 36.8 Å². The van der Waals surface area contributed by atoms with Crippen molar-refractivity contribution in [2.75, 3.05) is 33.8 Å². The molecule has 0 bridgehead atoms. The van der Waals surface area contributed by atoms with Gasteiger partial charge < -0.3 is 14.7 Å². The number of aromatic nitrogens is 1. The Morgan fingerprint density at radius 1 is 1.29 bits per heavy atom. The van der Waals surface area contributed by atoms with E-state index < -0.39 is 16.1 Å². The van der Waals surface area contributed by atoms with Crippen LogP contribution < -0.4 is 4.74 Å². The van der Waals surface area contributed by atoms with Gasteiger partial charge in [-0.3, -0.25) is 0 Å². The molecule has 0 unspecified atom stereocenters. The Balaban J connectivity index is 2.08. The molecule has 0 aliphatic carbocycles. The third-order valence-electron chi connectivity index (χ3n) is 5.21. The zero-order chi connectivity index (χ0) is 22.6. The Kier molecular flexibility index (Phi) is 7.34. The molecule has 1 aromatic carbocycles. The van der Waals surface area contributed by atoms with E-state index in [0.717, 1.165) is 0 Å². The maximum Gasteiger partial charge on any atom is 0.247 e. The molecule has 0 saturated carbocycles. The molecule has 2 heterocycles. The summed E-state index contributed by atoms with van der Waals surface area (Å²) in [4.78, 5) is 6.29. The molecule has 1 N–H and O–H groups in total. The Labute approximate surface area is 184 Å². The van der Waals surface area contributed by atoms with E-state index in [2.05, 4.69) is 16.8 Å². The number of aliphatic hydroxyl groups excluding tert-OH is 1. The molecule has 1 aliphatic heterocycles. The lowest BCUT2D eigenvalue weighted by Gasteiger charge is -2.37. The molecule has 166 valence electrons.